The molecule has 1 amide bonds. The van der Waals surface area contributed by atoms with E-state index in [1.807, 2.05) is 43.3 Å². The largest absolute Gasteiger partial charge is 0.338 e. The van der Waals surface area contributed by atoms with Crippen molar-refractivity contribution in [1.29, 1.82) is 0 Å². The number of nitrogens with one attached hydrogen (secondary N) is 1. The Kier molecular flexibility index (Phi) is 6.07. The molecule has 6 heteroatoms. The van der Waals surface area contributed by atoms with E-state index < -0.39 is 0 Å². The molecule has 2 aromatic carbocycles. The summed E-state index contributed by atoms with van der Waals surface area (Å²) >= 11 is 1.44. The molecule has 0 saturated carbocycles. The first-order valence-corrected chi connectivity index (χ1v) is 9.65. The zero-order chi connectivity index (χ0) is 18.4. The molecule has 0 radical (unpaired) electrons. The van der Waals surface area contributed by atoms with Crippen LogP contribution in [0.2, 0.25) is 0 Å². The average molecular weight is 367 g/mol. The summed E-state index contributed by atoms with van der Waals surface area (Å²) in [5.74, 6) is 1.88. The second kappa shape index (κ2) is 8.67. The van der Waals surface area contributed by atoms with Crippen LogP contribution >= 0.6 is 11.8 Å². The predicted octanol–water partition coefficient (Wildman–Crippen LogP) is 4.48. The number of aromatic nitrogens is 2. The molecule has 1 N–H and O–H groups in total. The molecule has 0 unspecified atom stereocenters. The molecule has 3 rings (SSSR count). The molecule has 0 saturated heterocycles. The third-order valence-electron chi connectivity index (χ3n) is 3.88. The number of thioether (sulfide) groups is 1. The minimum absolute atomic E-state index is 0.0475. The number of rotatable bonds is 7. The topological polar surface area (TPSA) is 68.0 Å². The molecule has 0 aliphatic heterocycles. The minimum Gasteiger partial charge on any atom is -0.338 e. The van der Waals surface area contributed by atoms with E-state index in [4.69, 9.17) is 4.52 Å². The highest BCUT2D eigenvalue weighted by molar-refractivity contribution is 7.99. The van der Waals surface area contributed by atoms with Crippen LogP contribution < -0.4 is 5.32 Å². The highest BCUT2D eigenvalue weighted by Crippen LogP contribution is 2.19. The number of carbonyl (C=O) groups excluding carboxylic acids is 1. The quantitative estimate of drug-likeness (QED) is 0.667. The Morgan fingerprint density at radius 1 is 1.12 bits per heavy atom. The zero-order valence-electron chi connectivity index (χ0n) is 14.9. The number of nitrogens with zero attached hydrogens (tertiary/aromatic N) is 2. The summed E-state index contributed by atoms with van der Waals surface area (Å²) in [6, 6.07) is 15.8. The second-order valence-electron chi connectivity index (χ2n) is 5.97. The van der Waals surface area contributed by atoms with Crippen molar-refractivity contribution in [1.82, 2.24) is 10.1 Å². The molecule has 1 aromatic heterocycles. The molecule has 0 fully saturated rings. The summed E-state index contributed by atoms with van der Waals surface area (Å²) in [7, 11) is 0. The van der Waals surface area contributed by atoms with Crippen molar-refractivity contribution in [2.24, 2.45) is 0 Å². The van der Waals surface area contributed by atoms with Gasteiger partial charge in [0.05, 0.1) is 11.5 Å². The Bertz CT molecular complexity index is 858. The van der Waals surface area contributed by atoms with E-state index in [1.54, 1.807) is 0 Å². The Labute approximate surface area is 157 Å². The lowest BCUT2D eigenvalue weighted by Gasteiger charge is -2.04. The summed E-state index contributed by atoms with van der Waals surface area (Å²) in [6.07, 6.45) is 0.999. The molecule has 0 spiro atoms. The molecule has 0 aliphatic carbocycles. The van der Waals surface area contributed by atoms with Crippen molar-refractivity contribution >= 4 is 23.4 Å². The van der Waals surface area contributed by atoms with Gasteiger partial charge in [-0.05, 0) is 31.0 Å². The summed E-state index contributed by atoms with van der Waals surface area (Å²) in [5.41, 5.74) is 4.16. The lowest BCUT2D eigenvalue weighted by molar-refractivity contribution is -0.113. The van der Waals surface area contributed by atoms with Crippen molar-refractivity contribution in [2.75, 3.05) is 11.1 Å². The van der Waals surface area contributed by atoms with Gasteiger partial charge < -0.3 is 9.84 Å². The van der Waals surface area contributed by atoms with Gasteiger partial charge in [0.15, 0.2) is 0 Å². The van der Waals surface area contributed by atoms with Gasteiger partial charge in [-0.2, -0.15) is 4.98 Å². The fourth-order valence-electron chi connectivity index (χ4n) is 2.39. The van der Waals surface area contributed by atoms with Crippen LogP contribution in [0, 0.1) is 6.92 Å². The standard InChI is InChI=1S/C20H21N3O2S/c1-3-15-6-8-16(9-7-15)20-22-19(25-23-20)13-26-12-18(24)21-17-10-4-14(2)5-11-17/h4-11H,3,12-13H2,1-2H3,(H,21,24). The molecule has 26 heavy (non-hydrogen) atoms. The first kappa shape index (κ1) is 18.2. The average Bonchev–Trinajstić information content (AvgIpc) is 3.12. The molecular formula is C20H21N3O2S. The lowest BCUT2D eigenvalue weighted by atomic mass is 10.1. The predicted molar refractivity (Wildman–Crippen MR) is 105 cm³/mol. The van der Waals surface area contributed by atoms with Gasteiger partial charge in [0.25, 0.3) is 0 Å². The van der Waals surface area contributed by atoms with Crippen molar-refractivity contribution < 1.29 is 9.32 Å². The van der Waals surface area contributed by atoms with E-state index in [0.29, 0.717) is 23.2 Å². The van der Waals surface area contributed by atoms with Gasteiger partial charge in [-0.3, -0.25) is 4.79 Å². The summed E-state index contributed by atoms with van der Waals surface area (Å²) in [4.78, 5) is 16.4. The molecule has 1 heterocycles. The third-order valence-corrected chi connectivity index (χ3v) is 4.80. The van der Waals surface area contributed by atoms with Crippen LogP contribution in [0.15, 0.2) is 53.1 Å². The zero-order valence-corrected chi connectivity index (χ0v) is 15.7. The van der Waals surface area contributed by atoms with Crippen molar-refractivity contribution in [3.05, 3.63) is 65.5 Å². The normalized spacial score (nSPS) is 10.7. The molecular weight excluding hydrogens is 346 g/mol. The van der Waals surface area contributed by atoms with Gasteiger partial charge in [-0.25, -0.2) is 0 Å². The number of carbonyl (C=O) groups is 1. The number of amides is 1. The Morgan fingerprint density at radius 3 is 2.54 bits per heavy atom. The van der Waals surface area contributed by atoms with Gasteiger partial charge >= 0.3 is 0 Å². The highest BCUT2D eigenvalue weighted by atomic mass is 32.2. The highest BCUT2D eigenvalue weighted by Gasteiger charge is 2.10. The Balaban J connectivity index is 1.48. The van der Waals surface area contributed by atoms with Crippen molar-refractivity contribution in [2.45, 2.75) is 26.0 Å². The van der Waals surface area contributed by atoms with Gasteiger partial charge in [-0.15, -0.1) is 11.8 Å². The molecule has 134 valence electrons. The Hall–Kier alpha value is -2.60. The fraction of sp³-hybridized carbons (Fsp3) is 0.250. The SMILES string of the molecule is CCc1ccc(-c2noc(CSCC(=O)Nc3ccc(C)cc3)n2)cc1. The summed E-state index contributed by atoms with van der Waals surface area (Å²) in [6.45, 7) is 4.13. The first-order valence-electron chi connectivity index (χ1n) is 8.50. The van der Waals surface area contributed by atoms with E-state index in [2.05, 4.69) is 34.5 Å². The maximum absolute atomic E-state index is 12.0. The van der Waals surface area contributed by atoms with Crippen LogP contribution in [0.25, 0.3) is 11.4 Å². The first-order chi connectivity index (χ1) is 12.6. The van der Waals surface area contributed by atoms with E-state index in [9.17, 15) is 4.79 Å². The third kappa shape index (κ3) is 4.95. The van der Waals surface area contributed by atoms with Crippen LogP contribution in [0.4, 0.5) is 5.69 Å². The van der Waals surface area contributed by atoms with Crippen molar-refractivity contribution in [3.63, 3.8) is 0 Å². The number of hydrogen-bond donors (Lipinski definition) is 1. The van der Waals surface area contributed by atoms with E-state index in [1.165, 1.54) is 17.3 Å². The van der Waals surface area contributed by atoms with E-state index in [0.717, 1.165) is 23.2 Å². The van der Waals surface area contributed by atoms with Crippen LogP contribution in [-0.4, -0.2) is 21.8 Å². The molecule has 0 bridgehead atoms. The van der Waals surface area contributed by atoms with Crippen LogP contribution in [0.5, 0.6) is 0 Å². The fourth-order valence-corrected chi connectivity index (χ4v) is 3.04. The van der Waals surface area contributed by atoms with Crippen LogP contribution in [0.1, 0.15) is 23.9 Å². The molecule has 3 aromatic rings. The Morgan fingerprint density at radius 2 is 1.85 bits per heavy atom. The summed E-state index contributed by atoms with van der Waals surface area (Å²) < 4.78 is 5.28. The monoisotopic (exact) mass is 367 g/mol. The maximum Gasteiger partial charge on any atom is 0.236 e. The molecule has 0 aliphatic rings. The van der Waals surface area contributed by atoms with Gasteiger partial charge in [0.2, 0.25) is 17.6 Å². The molecule has 5 nitrogen and oxygen atoms in total. The van der Waals surface area contributed by atoms with Gasteiger partial charge in [0.1, 0.15) is 0 Å². The van der Waals surface area contributed by atoms with E-state index in [-0.39, 0.29) is 5.91 Å². The number of anilines is 1. The number of hydrogen-bond acceptors (Lipinski definition) is 5. The smallest absolute Gasteiger partial charge is 0.236 e. The van der Waals surface area contributed by atoms with E-state index >= 15 is 0 Å². The lowest BCUT2D eigenvalue weighted by Crippen LogP contribution is -2.14. The van der Waals surface area contributed by atoms with Gasteiger partial charge in [0, 0.05) is 11.3 Å². The number of aryl methyl sites for hydroxylation is 2. The second-order valence-corrected chi connectivity index (χ2v) is 6.95. The molecule has 0 atom stereocenters. The van der Waals surface area contributed by atoms with Crippen LogP contribution in [0.3, 0.4) is 0 Å². The minimum atomic E-state index is -0.0475. The summed E-state index contributed by atoms with van der Waals surface area (Å²) in [5, 5.41) is 6.89. The van der Waals surface area contributed by atoms with Gasteiger partial charge in [-0.1, -0.05) is 54.0 Å². The maximum atomic E-state index is 12.0. The number of benzene rings is 2. The van der Waals surface area contributed by atoms with Crippen LogP contribution in [-0.2, 0) is 17.0 Å². The van der Waals surface area contributed by atoms with Crippen molar-refractivity contribution in [3.8, 4) is 11.4 Å².